The molecule has 0 saturated carbocycles. The van der Waals surface area contributed by atoms with E-state index in [0.717, 1.165) is 27.8 Å². The molecule has 6 nitrogen and oxygen atoms in total. The van der Waals surface area contributed by atoms with Gasteiger partial charge in [-0.15, -0.1) is 5.10 Å². The molecule has 6 heteroatoms. The minimum Gasteiger partial charge on any atom is -0.454 e. The minimum absolute atomic E-state index is 0.205. The van der Waals surface area contributed by atoms with E-state index in [1.54, 1.807) is 10.9 Å². The first kappa shape index (κ1) is 21.2. The molecule has 0 aliphatic heterocycles. The van der Waals surface area contributed by atoms with Crippen molar-refractivity contribution in [1.29, 1.82) is 0 Å². The number of hydrogen-bond acceptors (Lipinski definition) is 5. The molecule has 2 aromatic carbocycles. The summed E-state index contributed by atoms with van der Waals surface area (Å²) < 4.78 is 6.82. The summed E-state index contributed by atoms with van der Waals surface area (Å²) in [4.78, 5) is 24.6. The van der Waals surface area contributed by atoms with Crippen LogP contribution in [0.25, 0.3) is 6.08 Å². The number of rotatable bonds is 7. The summed E-state index contributed by atoms with van der Waals surface area (Å²) in [6, 6.07) is 11.9. The van der Waals surface area contributed by atoms with E-state index in [4.69, 9.17) is 4.74 Å². The molecule has 30 heavy (non-hydrogen) atoms. The summed E-state index contributed by atoms with van der Waals surface area (Å²) in [7, 11) is 0. The highest BCUT2D eigenvalue weighted by atomic mass is 16.5. The van der Waals surface area contributed by atoms with E-state index in [9.17, 15) is 9.59 Å². The maximum Gasteiger partial charge on any atom is 0.331 e. The number of carbonyl (C=O) groups is 2. The average Bonchev–Trinajstić information content (AvgIpc) is 3.17. The Hall–Kier alpha value is -3.54. The van der Waals surface area contributed by atoms with Crippen molar-refractivity contribution < 1.29 is 14.3 Å². The molecule has 1 aromatic heterocycles. The average molecular weight is 403 g/mol. The van der Waals surface area contributed by atoms with Gasteiger partial charge in [-0.25, -0.2) is 9.48 Å². The monoisotopic (exact) mass is 403 g/mol. The summed E-state index contributed by atoms with van der Waals surface area (Å²) in [5.74, 6) is -0.802. The van der Waals surface area contributed by atoms with Crippen LogP contribution in [0.2, 0.25) is 0 Å². The molecule has 154 valence electrons. The van der Waals surface area contributed by atoms with Gasteiger partial charge in [0.25, 0.3) is 0 Å². The summed E-state index contributed by atoms with van der Waals surface area (Å²) in [5.41, 5.74) is 6.30. The van der Waals surface area contributed by atoms with Gasteiger partial charge >= 0.3 is 5.97 Å². The van der Waals surface area contributed by atoms with Gasteiger partial charge < -0.3 is 4.74 Å². The molecule has 0 radical (unpaired) electrons. The third-order valence-corrected chi connectivity index (χ3v) is 5.11. The Morgan fingerprint density at radius 1 is 1.03 bits per heavy atom. The lowest BCUT2D eigenvalue weighted by Crippen LogP contribution is -2.16. The van der Waals surface area contributed by atoms with Crippen LogP contribution in [0.3, 0.4) is 0 Å². The Morgan fingerprint density at radius 2 is 1.77 bits per heavy atom. The molecule has 3 aromatic rings. The molecule has 0 amide bonds. The molecule has 0 atom stereocenters. The van der Waals surface area contributed by atoms with Crippen molar-refractivity contribution in [3.8, 4) is 0 Å². The molecule has 0 aliphatic carbocycles. The molecule has 0 fully saturated rings. The van der Waals surface area contributed by atoms with Gasteiger partial charge in [0, 0.05) is 11.6 Å². The number of nitrogens with zero attached hydrogens (tertiary/aromatic N) is 3. The lowest BCUT2D eigenvalue weighted by molar-refractivity contribution is -0.136. The second-order valence-electron chi connectivity index (χ2n) is 7.33. The van der Waals surface area contributed by atoms with Crippen LogP contribution >= 0.6 is 0 Å². The van der Waals surface area contributed by atoms with Crippen molar-refractivity contribution >= 4 is 17.8 Å². The number of hydrogen-bond donors (Lipinski definition) is 0. The Labute approximate surface area is 176 Å². The van der Waals surface area contributed by atoms with Gasteiger partial charge in [-0.3, -0.25) is 4.79 Å². The van der Waals surface area contributed by atoms with Crippen molar-refractivity contribution in [1.82, 2.24) is 15.0 Å². The lowest BCUT2D eigenvalue weighted by atomic mass is 9.92. The third kappa shape index (κ3) is 5.08. The van der Waals surface area contributed by atoms with E-state index < -0.39 is 5.97 Å². The quantitative estimate of drug-likeness (QED) is 0.339. The molecule has 1 heterocycles. The van der Waals surface area contributed by atoms with Crippen LogP contribution in [0.1, 0.15) is 43.9 Å². The largest absolute Gasteiger partial charge is 0.454 e. The van der Waals surface area contributed by atoms with Crippen LogP contribution in [-0.2, 0) is 16.1 Å². The third-order valence-electron chi connectivity index (χ3n) is 5.11. The van der Waals surface area contributed by atoms with Crippen molar-refractivity contribution in [3.63, 3.8) is 0 Å². The molecule has 0 bridgehead atoms. The van der Waals surface area contributed by atoms with Crippen LogP contribution < -0.4 is 0 Å². The van der Waals surface area contributed by atoms with Crippen LogP contribution in [0.4, 0.5) is 0 Å². The second-order valence-corrected chi connectivity index (χ2v) is 7.33. The van der Waals surface area contributed by atoms with E-state index in [1.165, 1.54) is 12.2 Å². The SMILES string of the molecule is Cc1cc(C)c(C(=O)COC(=O)/C=C/c2cn(Cc3ccccc3)nn2)c(C)c1C. The summed E-state index contributed by atoms with van der Waals surface area (Å²) in [5, 5.41) is 8.07. The normalized spacial score (nSPS) is 11.1. The fraction of sp³-hybridized carbons (Fsp3) is 0.250. The van der Waals surface area contributed by atoms with Gasteiger partial charge in [0.15, 0.2) is 6.61 Å². The maximum absolute atomic E-state index is 12.6. The van der Waals surface area contributed by atoms with Gasteiger partial charge in [-0.1, -0.05) is 41.6 Å². The molecule has 0 aliphatic rings. The predicted octanol–water partition coefficient (Wildman–Crippen LogP) is 4.00. The molecular weight excluding hydrogens is 378 g/mol. The number of aromatic nitrogens is 3. The van der Waals surface area contributed by atoms with Gasteiger partial charge in [0.2, 0.25) is 5.78 Å². The molecule has 0 saturated heterocycles. The molecule has 0 unspecified atom stereocenters. The Kier molecular flexibility index (Phi) is 6.57. The Morgan fingerprint density at radius 3 is 2.50 bits per heavy atom. The summed E-state index contributed by atoms with van der Waals surface area (Å²) >= 11 is 0. The second kappa shape index (κ2) is 9.31. The van der Waals surface area contributed by atoms with E-state index in [2.05, 4.69) is 10.3 Å². The van der Waals surface area contributed by atoms with Crippen molar-refractivity contribution in [2.45, 2.75) is 34.2 Å². The summed E-state index contributed by atoms with van der Waals surface area (Å²) in [6.45, 7) is 8.12. The topological polar surface area (TPSA) is 74.1 Å². The van der Waals surface area contributed by atoms with E-state index in [-0.39, 0.29) is 12.4 Å². The number of carbonyl (C=O) groups excluding carboxylic acids is 2. The zero-order valence-electron chi connectivity index (χ0n) is 17.7. The fourth-order valence-electron chi connectivity index (χ4n) is 3.36. The van der Waals surface area contributed by atoms with Crippen molar-refractivity contribution in [3.05, 3.63) is 87.7 Å². The smallest absolute Gasteiger partial charge is 0.331 e. The van der Waals surface area contributed by atoms with Crippen LogP contribution in [-0.4, -0.2) is 33.4 Å². The minimum atomic E-state index is -0.597. The zero-order valence-corrected chi connectivity index (χ0v) is 17.7. The van der Waals surface area contributed by atoms with Gasteiger partial charge in [0.1, 0.15) is 5.69 Å². The highest BCUT2D eigenvalue weighted by Crippen LogP contribution is 2.22. The van der Waals surface area contributed by atoms with E-state index >= 15 is 0 Å². The Balaban J connectivity index is 1.57. The van der Waals surface area contributed by atoms with Crippen molar-refractivity contribution in [2.24, 2.45) is 0 Å². The number of esters is 1. The first-order chi connectivity index (χ1) is 14.3. The van der Waals surface area contributed by atoms with Gasteiger partial charge in [-0.05, 0) is 61.6 Å². The van der Waals surface area contributed by atoms with Crippen LogP contribution in [0.5, 0.6) is 0 Å². The molecular formula is C24H25N3O3. The van der Waals surface area contributed by atoms with Gasteiger partial charge in [-0.2, -0.15) is 0 Å². The van der Waals surface area contributed by atoms with Crippen LogP contribution in [0, 0.1) is 27.7 Å². The standard InChI is InChI=1S/C24H25N3O3/c1-16-12-17(2)24(19(4)18(16)3)22(28)15-30-23(29)11-10-21-14-27(26-25-21)13-20-8-6-5-7-9-20/h5-12,14H,13,15H2,1-4H3/b11-10+. The molecule has 0 N–H and O–H groups in total. The molecule has 3 rings (SSSR count). The number of ketones is 1. The number of benzene rings is 2. The Bertz CT molecular complexity index is 1100. The van der Waals surface area contributed by atoms with E-state index in [1.807, 2.05) is 64.1 Å². The van der Waals surface area contributed by atoms with Gasteiger partial charge in [0.05, 0.1) is 12.7 Å². The fourth-order valence-corrected chi connectivity index (χ4v) is 3.36. The first-order valence-corrected chi connectivity index (χ1v) is 9.74. The summed E-state index contributed by atoms with van der Waals surface area (Å²) in [6.07, 6.45) is 4.52. The highest BCUT2D eigenvalue weighted by Gasteiger charge is 2.16. The number of aryl methyl sites for hydroxylation is 2. The van der Waals surface area contributed by atoms with Crippen molar-refractivity contribution in [2.75, 3.05) is 6.61 Å². The van der Waals surface area contributed by atoms with E-state index in [0.29, 0.717) is 17.8 Å². The highest BCUT2D eigenvalue weighted by molar-refractivity contribution is 6.01. The lowest BCUT2D eigenvalue weighted by Gasteiger charge is -2.14. The molecule has 0 spiro atoms. The first-order valence-electron chi connectivity index (χ1n) is 9.74. The number of Topliss-reactive ketones (excluding diaryl/α,β-unsaturated/α-hetero) is 1. The zero-order chi connectivity index (χ0) is 21.7. The van der Waals surface area contributed by atoms with Crippen LogP contribution in [0.15, 0.2) is 48.7 Å². The number of ether oxygens (including phenoxy) is 1. The maximum atomic E-state index is 12.6. The predicted molar refractivity (Wildman–Crippen MR) is 115 cm³/mol.